The first-order chi connectivity index (χ1) is 11.7. The zero-order chi connectivity index (χ0) is 16.9. The molecule has 0 saturated carbocycles. The Kier molecular flexibility index (Phi) is 5.01. The normalized spacial score (nSPS) is 17.5. The Hall–Kier alpha value is -2.53. The molecule has 24 heavy (non-hydrogen) atoms. The number of nitrogens with two attached hydrogens (primary N) is 1. The molecule has 1 amide bonds. The smallest absolute Gasteiger partial charge is 0.256 e. The monoisotopic (exact) mass is 326 g/mol. The van der Waals surface area contributed by atoms with E-state index in [9.17, 15) is 9.90 Å². The van der Waals surface area contributed by atoms with E-state index in [2.05, 4.69) is 0 Å². The van der Waals surface area contributed by atoms with Gasteiger partial charge in [0.1, 0.15) is 11.5 Å². The molecule has 0 spiro atoms. The minimum atomic E-state index is -0.107. The highest BCUT2D eigenvalue weighted by atomic mass is 16.5. The van der Waals surface area contributed by atoms with Gasteiger partial charge in [0.2, 0.25) is 0 Å². The number of nitrogens with zero attached hydrogens (tertiary/aromatic N) is 1. The van der Waals surface area contributed by atoms with E-state index in [1.54, 1.807) is 23.1 Å². The number of para-hydroxylation sites is 1. The number of hydrogen-bond donors (Lipinski definition) is 2. The van der Waals surface area contributed by atoms with Crippen LogP contribution in [0.2, 0.25) is 0 Å². The third-order valence-electron chi connectivity index (χ3n) is 4.30. The standard InChI is InChI=1S/C19H22N2O3/c20-18-9-8-16(24-15-6-2-1-3-7-15)11-17(18)19(23)21-10-4-5-14(12-21)13-22/h1-3,6-9,11,14,22H,4-5,10,12-13,20H2. The number of hydrogen-bond acceptors (Lipinski definition) is 4. The summed E-state index contributed by atoms with van der Waals surface area (Å²) in [5.74, 6) is 1.32. The Morgan fingerprint density at radius 3 is 2.75 bits per heavy atom. The van der Waals surface area contributed by atoms with E-state index in [4.69, 9.17) is 10.5 Å². The lowest BCUT2D eigenvalue weighted by atomic mass is 9.98. The second-order valence-electron chi connectivity index (χ2n) is 6.11. The van der Waals surface area contributed by atoms with Gasteiger partial charge < -0.3 is 20.5 Å². The number of aliphatic hydroxyl groups is 1. The number of nitrogen functional groups attached to an aromatic ring is 1. The average Bonchev–Trinajstić information content (AvgIpc) is 2.63. The molecule has 1 heterocycles. The van der Waals surface area contributed by atoms with E-state index >= 15 is 0 Å². The summed E-state index contributed by atoms with van der Waals surface area (Å²) >= 11 is 0. The molecule has 2 aromatic carbocycles. The second-order valence-corrected chi connectivity index (χ2v) is 6.11. The summed E-state index contributed by atoms with van der Waals surface area (Å²) in [5, 5.41) is 9.34. The van der Waals surface area contributed by atoms with Crippen LogP contribution >= 0.6 is 0 Å². The third-order valence-corrected chi connectivity index (χ3v) is 4.30. The fourth-order valence-corrected chi connectivity index (χ4v) is 2.98. The van der Waals surface area contributed by atoms with Crippen LogP contribution in [0.15, 0.2) is 48.5 Å². The molecule has 5 nitrogen and oxygen atoms in total. The van der Waals surface area contributed by atoms with Crippen LogP contribution in [0.25, 0.3) is 0 Å². The van der Waals surface area contributed by atoms with Crippen LogP contribution in [-0.4, -0.2) is 35.6 Å². The van der Waals surface area contributed by atoms with E-state index in [-0.39, 0.29) is 18.4 Å². The summed E-state index contributed by atoms with van der Waals surface area (Å²) < 4.78 is 5.79. The van der Waals surface area contributed by atoms with Crippen molar-refractivity contribution in [2.75, 3.05) is 25.4 Å². The SMILES string of the molecule is Nc1ccc(Oc2ccccc2)cc1C(=O)N1CCCC(CO)C1. The number of benzene rings is 2. The zero-order valence-corrected chi connectivity index (χ0v) is 13.5. The van der Waals surface area contributed by atoms with Crippen LogP contribution in [0, 0.1) is 5.92 Å². The molecule has 1 fully saturated rings. The quantitative estimate of drug-likeness (QED) is 0.847. The van der Waals surface area contributed by atoms with Gasteiger partial charge in [-0.25, -0.2) is 0 Å². The highest BCUT2D eigenvalue weighted by Gasteiger charge is 2.25. The van der Waals surface area contributed by atoms with Gasteiger partial charge in [-0.2, -0.15) is 0 Å². The molecule has 0 bridgehead atoms. The van der Waals surface area contributed by atoms with Crippen molar-refractivity contribution < 1.29 is 14.6 Å². The van der Waals surface area contributed by atoms with E-state index in [0.29, 0.717) is 35.8 Å². The summed E-state index contributed by atoms with van der Waals surface area (Å²) in [6.45, 7) is 1.37. The largest absolute Gasteiger partial charge is 0.457 e. The van der Waals surface area contributed by atoms with Gasteiger partial charge in [-0.15, -0.1) is 0 Å². The number of likely N-dealkylation sites (tertiary alicyclic amines) is 1. The lowest BCUT2D eigenvalue weighted by Gasteiger charge is -2.32. The molecular formula is C19H22N2O3. The maximum atomic E-state index is 12.8. The number of amides is 1. The van der Waals surface area contributed by atoms with Crippen molar-refractivity contribution in [3.63, 3.8) is 0 Å². The maximum Gasteiger partial charge on any atom is 0.256 e. The Labute approximate surface area is 141 Å². The van der Waals surface area contributed by atoms with Crippen molar-refractivity contribution in [1.82, 2.24) is 4.90 Å². The van der Waals surface area contributed by atoms with Crippen molar-refractivity contribution in [1.29, 1.82) is 0 Å². The molecule has 1 atom stereocenters. The fraction of sp³-hybridized carbons (Fsp3) is 0.316. The molecule has 1 unspecified atom stereocenters. The lowest BCUT2D eigenvalue weighted by Crippen LogP contribution is -2.41. The van der Waals surface area contributed by atoms with E-state index < -0.39 is 0 Å². The predicted molar refractivity (Wildman–Crippen MR) is 93.1 cm³/mol. The van der Waals surface area contributed by atoms with Crippen LogP contribution < -0.4 is 10.5 Å². The summed E-state index contributed by atoms with van der Waals surface area (Å²) in [4.78, 5) is 14.6. The highest BCUT2D eigenvalue weighted by Crippen LogP contribution is 2.27. The topological polar surface area (TPSA) is 75.8 Å². The van der Waals surface area contributed by atoms with E-state index in [0.717, 1.165) is 12.8 Å². The van der Waals surface area contributed by atoms with Gasteiger partial charge in [0.25, 0.3) is 5.91 Å². The van der Waals surface area contributed by atoms with Crippen molar-refractivity contribution in [3.8, 4) is 11.5 Å². The summed E-state index contributed by atoms with van der Waals surface area (Å²) in [5.41, 5.74) is 6.89. The van der Waals surface area contributed by atoms with Gasteiger partial charge in [-0.05, 0) is 49.1 Å². The van der Waals surface area contributed by atoms with Crippen molar-refractivity contribution in [2.24, 2.45) is 5.92 Å². The summed E-state index contributed by atoms with van der Waals surface area (Å²) in [7, 11) is 0. The zero-order valence-electron chi connectivity index (χ0n) is 13.5. The van der Waals surface area contributed by atoms with E-state index in [1.165, 1.54) is 0 Å². The molecule has 1 aliphatic rings. The van der Waals surface area contributed by atoms with Gasteiger partial charge >= 0.3 is 0 Å². The number of carbonyl (C=O) groups excluding carboxylic acids is 1. The van der Waals surface area contributed by atoms with Crippen molar-refractivity contribution in [2.45, 2.75) is 12.8 Å². The molecule has 0 radical (unpaired) electrons. The van der Waals surface area contributed by atoms with Crippen LogP contribution in [0.1, 0.15) is 23.2 Å². The molecular weight excluding hydrogens is 304 g/mol. The molecule has 3 N–H and O–H groups in total. The van der Waals surface area contributed by atoms with Gasteiger partial charge in [-0.3, -0.25) is 4.79 Å². The van der Waals surface area contributed by atoms with E-state index in [1.807, 2.05) is 30.3 Å². The number of rotatable bonds is 4. The number of aliphatic hydroxyl groups excluding tert-OH is 1. The lowest BCUT2D eigenvalue weighted by molar-refractivity contribution is 0.0621. The minimum absolute atomic E-state index is 0.107. The summed E-state index contributed by atoms with van der Waals surface area (Å²) in [6, 6.07) is 14.5. The van der Waals surface area contributed by atoms with Crippen LogP contribution in [0.4, 0.5) is 5.69 Å². The second kappa shape index (κ2) is 7.36. The van der Waals surface area contributed by atoms with Crippen molar-refractivity contribution in [3.05, 3.63) is 54.1 Å². The Morgan fingerprint density at radius 1 is 1.21 bits per heavy atom. The molecule has 1 saturated heterocycles. The maximum absolute atomic E-state index is 12.8. The predicted octanol–water partition coefficient (Wildman–Crippen LogP) is 2.91. The minimum Gasteiger partial charge on any atom is -0.457 e. The van der Waals surface area contributed by atoms with Crippen molar-refractivity contribution >= 4 is 11.6 Å². The molecule has 0 aromatic heterocycles. The van der Waals surface area contributed by atoms with Crippen LogP contribution in [0.3, 0.4) is 0 Å². The third kappa shape index (κ3) is 3.68. The van der Waals surface area contributed by atoms with Gasteiger partial charge in [0.15, 0.2) is 0 Å². The van der Waals surface area contributed by atoms with Gasteiger partial charge in [0.05, 0.1) is 5.56 Å². The highest BCUT2D eigenvalue weighted by molar-refractivity contribution is 5.99. The Morgan fingerprint density at radius 2 is 2.00 bits per heavy atom. The first-order valence-corrected chi connectivity index (χ1v) is 8.20. The molecule has 5 heteroatoms. The number of anilines is 1. The van der Waals surface area contributed by atoms with Gasteiger partial charge in [0, 0.05) is 25.4 Å². The van der Waals surface area contributed by atoms with Gasteiger partial charge in [-0.1, -0.05) is 18.2 Å². The Balaban J connectivity index is 1.79. The molecule has 3 rings (SSSR count). The van der Waals surface area contributed by atoms with Crippen LogP contribution in [-0.2, 0) is 0 Å². The Bertz CT molecular complexity index is 703. The first-order valence-electron chi connectivity index (χ1n) is 8.20. The first kappa shape index (κ1) is 16.3. The molecule has 2 aromatic rings. The number of ether oxygens (including phenoxy) is 1. The van der Waals surface area contributed by atoms with Crippen LogP contribution in [0.5, 0.6) is 11.5 Å². The number of piperidine rings is 1. The number of carbonyl (C=O) groups is 1. The molecule has 126 valence electrons. The average molecular weight is 326 g/mol. The fourth-order valence-electron chi connectivity index (χ4n) is 2.98. The summed E-state index contributed by atoms with van der Waals surface area (Å²) in [6.07, 6.45) is 1.85. The molecule has 0 aliphatic carbocycles. The molecule has 1 aliphatic heterocycles.